The fraction of sp³-hybridized carbons (Fsp3) is 0.684. The summed E-state index contributed by atoms with van der Waals surface area (Å²) in [7, 11) is 0. The van der Waals surface area contributed by atoms with Crippen LogP contribution in [0.1, 0.15) is 39.5 Å². The maximum atomic E-state index is 12.9. The zero-order valence-electron chi connectivity index (χ0n) is 19.3. The number of nitrogens with one attached hydrogen (secondary N) is 3. The fourth-order valence-corrected chi connectivity index (χ4v) is 2.92. The number of amides is 4. The molecule has 0 aliphatic carbocycles. The highest BCUT2D eigenvalue weighted by molar-refractivity contribution is 7.80. The van der Waals surface area contributed by atoms with Crippen LogP contribution in [0.4, 0.5) is 0 Å². The molecule has 0 aromatic heterocycles. The van der Waals surface area contributed by atoms with Crippen LogP contribution >= 0.6 is 12.6 Å². The standard InChI is InChI=1S/C19H36N8O6S/c1-3-9(2)14(27-15(29)10(20)8-34)17(31)26-12(7-13(21)28)16(30)25-11(18(32)33)5-4-6-24-19(22)23/h9-12,14,34H,3-8,20H2,1-2H3,(H2,21,28)(H,25,30)(H,26,31)(H,27,29)(H,32,33)(H4,22,23,24). The lowest BCUT2D eigenvalue weighted by molar-refractivity contribution is -0.142. The van der Waals surface area contributed by atoms with Crippen LogP contribution in [-0.2, 0) is 24.0 Å². The van der Waals surface area contributed by atoms with Crippen LogP contribution in [0.5, 0.6) is 0 Å². The molecule has 12 N–H and O–H groups in total. The number of aliphatic imine (C=N–C) groups is 1. The number of carboxylic acid groups (broad SMARTS) is 1. The quantitative estimate of drug-likeness (QED) is 0.0442. The molecule has 0 saturated carbocycles. The molecule has 0 bridgehead atoms. The third-order valence-electron chi connectivity index (χ3n) is 4.92. The number of hydrogen-bond donors (Lipinski definition) is 9. The Morgan fingerprint density at radius 1 is 0.971 bits per heavy atom. The van der Waals surface area contributed by atoms with Gasteiger partial charge in [-0.25, -0.2) is 4.79 Å². The number of nitrogens with zero attached hydrogens (tertiary/aromatic N) is 1. The topological polar surface area (TPSA) is 258 Å². The van der Waals surface area contributed by atoms with Crippen molar-refractivity contribution in [3.63, 3.8) is 0 Å². The van der Waals surface area contributed by atoms with E-state index in [1.54, 1.807) is 13.8 Å². The molecule has 0 heterocycles. The van der Waals surface area contributed by atoms with Crippen molar-refractivity contribution in [2.45, 2.75) is 63.7 Å². The SMILES string of the molecule is CCC(C)C(NC(=O)C(N)CS)C(=O)NC(CC(N)=O)C(=O)NC(CCCN=C(N)N)C(=O)O. The molecule has 0 aromatic rings. The Morgan fingerprint density at radius 3 is 2.03 bits per heavy atom. The third kappa shape index (κ3) is 11.7. The Morgan fingerprint density at radius 2 is 1.56 bits per heavy atom. The molecular weight excluding hydrogens is 468 g/mol. The molecule has 4 amide bonds. The van der Waals surface area contributed by atoms with Crippen LogP contribution in [0.25, 0.3) is 0 Å². The van der Waals surface area contributed by atoms with Gasteiger partial charge in [-0.05, 0) is 18.8 Å². The number of carbonyl (C=O) groups excluding carboxylic acids is 4. The summed E-state index contributed by atoms with van der Waals surface area (Å²) in [4.78, 5) is 64.6. The molecule has 0 spiro atoms. The molecular formula is C19H36N8O6S. The first-order valence-electron chi connectivity index (χ1n) is 10.7. The normalized spacial score (nSPS) is 15.1. The van der Waals surface area contributed by atoms with Gasteiger partial charge in [0.25, 0.3) is 0 Å². The minimum atomic E-state index is -1.47. The molecule has 194 valence electrons. The molecule has 14 nitrogen and oxygen atoms in total. The summed E-state index contributed by atoms with van der Waals surface area (Å²) in [5.74, 6) is -4.98. The van der Waals surface area contributed by atoms with Crippen molar-refractivity contribution in [3.05, 3.63) is 0 Å². The van der Waals surface area contributed by atoms with Crippen LogP contribution in [-0.4, -0.2) is 77.1 Å². The van der Waals surface area contributed by atoms with Gasteiger partial charge >= 0.3 is 5.97 Å². The molecule has 34 heavy (non-hydrogen) atoms. The highest BCUT2D eigenvalue weighted by atomic mass is 32.1. The molecule has 0 aliphatic heterocycles. The van der Waals surface area contributed by atoms with E-state index >= 15 is 0 Å². The lowest BCUT2D eigenvalue weighted by Crippen LogP contribution is -2.59. The Kier molecular flexibility index (Phi) is 14.3. The summed E-state index contributed by atoms with van der Waals surface area (Å²) in [5.41, 5.74) is 21.3. The van der Waals surface area contributed by atoms with E-state index in [2.05, 4.69) is 33.6 Å². The monoisotopic (exact) mass is 504 g/mol. The van der Waals surface area contributed by atoms with Gasteiger partial charge in [0.05, 0.1) is 12.5 Å². The second-order valence-corrected chi connectivity index (χ2v) is 8.11. The van der Waals surface area contributed by atoms with Crippen LogP contribution in [0.2, 0.25) is 0 Å². The minimum absolute atomic E-state index is 0.0116. The van der Waals surface area contributed by atoms with Crippen LogP contribution in [0.3, 0.4) is 0 Å². The van der Waals surface area contributed by atoms with E-state index in [4.69, 9.17) is 22.9 Å². The Hall–Kier alpha value is -3.07. The van der Waals surface area contributed by atoms with Crippen molar-refractivity contribution in [3.8, 4) is 0 Å². The lowest BCUT2D eigenvalue weighted by atomic mass is 9.97. The molecule has 5 unspecified atom stereocenters. The van der Waals surface area contributed by atoms with Gasteiger partial charge in [0.2, 0.25) is 23.6 Å². The first kappa shape index (κ1) is 30.9. The second kappa shape index (κ2) is 15.7. The molecule has 5 atom stereocenters. The first-order valence-corrected chi connectivity index (χ1v) is 11.3. The number of guanidine groups is 1. The van der Waals surface area contributed by atoms with Crippen LogP contribution in [0.15, 0.2) is 4.99 Å². The van der Waals surface area contributed by atoms with E-state index in [1.807, 2.05) is 0 Å². The van der Waals surface area contributed by atoms with Gasteiger partial charge in [0, 0.05) is 12.3 Å². The summed E-state index contributed by atoms with van der Waals surface area (Å²) in [6.07, 6.45) is 0.144. The van der Waals surface area contributed by atoms with E-state index < -0.39 is 60.2 Å². The number of primary amides is 1. The maximum absolute atomic E-state index is 12.9. The van der Waals surface area contributed by atoms with Gasteiger partial charge in [0.15, 0.2) is 5.96 Å². The number of aliphatic carboxylic acids is 1. The largest absolute Gasteiger partial charge is 0.480 e. The summed E-state index contributed by atoms with van der Waals surface area (Å²) in [5, 5.41) is 16.6. The van der Waals surface area contributed by atoms with Gasteiger partial charge < -0.3 is 44.0 Å². The number of carbonyl (C=O) groups is 5. The summed E-state index contributed by atoms with van der Waals surface area (Å²) in [6.45, 7) is 3.65. The van der Waals surface area contributed by atoms with E-state index in [0.717, 1.165) is 0 Å². The zero-order valence-corrected chi connectivity index (χ0v) is 20.2. The Bertz CT molecular complexity index is 761. The molecule has 0 aromatic carbocycles. The van der Waals surface area contributed by atoms with Crippen molar-refractivity contribution in [2.75, 3.05) is 12.3 Å². The van der Waals surface area contributed by atoms with Crippen molar-refractivity contribution < 1.29 is 29.1 Å². The summed E-state index contributed by atoms with van der Waals surface area (Å²) < 4.78 is 0. The van der Waals surface area contributed by atoms with Gasteiger partial charge in [-0.2, -0.15) is 12.6 Å². The number of nitrogens with two attached hydrogens (primary N) is 4. The zero-order chi connectivity index (χ0) is 26.4. The van der Waals surface area contributed by atoms with Crippen LogP contribution in [0, 0.1) is 5.92 Å². The Balaban J connectivity index is 5.48. The number of thiol groups is 1. The van der Waals surface area contributed by atoms with Gasteiger partial charge in [-0.3, -0.25) is 24.2 Å². The van der Waals surface area contributed by atoms with Gasteiger partial charge in [-0.1, -0.05) is 20.3 Å². The fourth-order valence-electron chi connectivity index (χ4n) is 2.75. The molecule has 15 heteroatoms. The molecule has 0 saturated heterocycles. The summed E-state index contributed by atoms with van der Waals surface area (Å²) in [6, 6.07) is -4.82. The van der Waals surface area contributed by atoms with E-state index in [0.29, 0.717) is 6.42 Å². The van der Waals surface area contributed by atoms with Crippen molar-refractivity contribution in [1.82, 2.24) is 16.0 Å². The third-order valence-corrected chi connectivity index (χ3v) is 5.32. The average molecular weight is 505 g/mol. The second-order valence-electron chi connectivity index (χ2n) is 7.74. The Labute approximate surface area is 203 Å². The lowest BCUT2D eigenvalue weighted by Gasteiger charge is -2.27. The van der Waals surface area contributed by atoms with Gasteiger partial charge in [-0.15, -0.1) is 0 Å². The first-order chi connectivity index (χ1) is 15.8. The molecule has 0 fully saturated rings. The average Bonchev–Trinajstić information content (AvgIpc) is 2.76. The van der Waals surface area contributed by atoms with Gasteiger partial charge in [0.1, 0.15) is 18.1 Å². The number of rotatable bonds is 16. The predicted octanol–water partition coefficient (Wildman–Crippen LogP) is -3.24. The minimum Gasteiger partial charge on any atom is -0.480 e. The molecule has 0 aliphatic rings. The smallest absolute Gasteiger partial charge is 0.326 e. The molecule has 0 radical (unpaired) electrons. The van der Waals surface area contributed by atoms with Crippen molar-refractivity contribution in [2.24, 2.45) is 33.8 Å². The molecule has 0 rings (SSSR count). The van der Waals surface area contributed by atoms with Crippen molar-refractivity contribution >= 4 is 48.2 Å². The highest BCUT2D eigenvalue weighted by Crippen LogP contribution is 2.10. The van der Waals surface area contributed by atoms with Crippen molar-refractivity contribution in [1.29, 1.82) is 0 Å². The van der Waals surface area contributed by atoms with E-state index in [9.17, 15) is 29.1 Å². The highest BCUT2D eigenvalue weighted by Gasteiger charge is 2.32. The predicted molar refractivity (Wildman–Crippen MR) is 128 cm³/mol. The maximum Gasteiger partial charge on any atom is 0.326 e. The van der Waals surface area contributed by atoms with Crippen LogP contribution < -0.4 is 38.9 Å². The van der Waals surface area contributed by atoms with E-state index in [-0.39, 0.29) is 37.0 Å². The summed E-state index contributed by atoms with van der Waals surface area (Å²) >= 11 is 3.95. The van der Waals surface area contributed by atoms with E-state index in [1.165, 1.54) is 0 Å². The number of carboxylic acids is 1. The number of hydrogen-bond acceptors (Lipinski definition) is 8.